The van der Waals surface area contributed by atoms with Crippen LogP contribution < -0.4 is 21.7 Å². The molecule has 0 aliphatic carbocycles. The van der Waals surface area contributed by atoms with Crippen LogP contribution >= 0.6 is 0 Å². The van der Waals surface area contributed by atoms with Crippen LogP contribution in [0, 0.1) is 5.92 Å². The van der Waals surface area contributed by atoms with Gasteiger partial charge in [0.2, 0.25) is 17.7 Å². The lowest BCUT2D eigenvalue weighted by atomic mass is 10.0. The van der Waals surface area contributed by atoms with Gasteiger partial charge in [-0.2, -0.15) is 0 Å². The third kappa shape index (κ3) is 7.90. The smallest absolute Gasteiger partial charge is 0.326 e. The molecular weight excluding hydrogens is 376 g/mol. The first kappa shape index (κ1) is 24.1. The van der Waals surface area contributed by atoms with Crippen LogP contribution in [0.4, 0.5) is 0 Å². The van der Waals surface area contributed by atoms with Gasteiger partial charge >= 0.3 is 5.97 Å². The summed E-state index contributed by atoms with van der Waals surface area (Å²) in [5.74, 6) is -3.08. The van der Waals surface area contributed by atoms with Crippen LogP contribution in [0.1, 0.15) is 33.3 Å². The van der Waals surface area contributed by atoms with Crippen molar-refractivity contribution in [2.75, 3.05) is 0 Å². The van der Waals surface area contributed by atoms with Gasteiger partial charge in [0.25, 0.3) is 0 Å². The predicted octanol–water partition coefficient (Wildman–Crippen LogP) is -0.209. The summed E-state index contributed by atoms with van der Waals surface area (Å²) in [6, 6.07) is 5.12. The molecule has 4 atom stereocenters. The van der Waals surface area contributed by atoms with Gasteiger partial charge in [-0.15, -0.1) is 0 Å². The molecule has 9 nitrogen and oxygen atoms in total. The van der Waals surface area contributed by atoms with Crippen LogP contribution in [-0.2, 0) is 25.6 Å². The Labute approximate surface area is 170 Å². The zero-order valence-corrected chi connectivity index (χ0v) is 17.1. The maximum Gasteiger partial charge on any atom is 0.326 e. The summed E-state index contributed by atoms with van der Waals surface area (Å²) in [7, 11) is 0. The largest absolute Gasteiger partial charge is 0.480 e. The maximum atomic E-state index is 12.5. The maximum absolute atomic E-state index is 12.5. The van der Waals surface area contributed by atoms with Crippen LogP contribution in [0.15, 0.2) is 30.3 Å². The molecule has 4 unspecified atom stereocenters. The first-order chi connectivity index (χ1) is 13.5. The molecule has 29 heavy (non-hydrogen) atoms. The number of nitrogens with two attached hydrogens (primary N) is 1. The number of hydrogen-bond acceptors (Lipinski definition) is 5. The van der Waals surface area contributed by atoms with Gasteiger partial charge in [-0.1, -0.05) is 44.2 Å². The molecular formula is C20H30N4O5. The zero-order chi connectivity index (χ0) is 22.1. The summed E-state index contributed by atoms with van der Waals surface area (Å²) in [6.45, 7) is 6.44. The molecule has 0 fully saturated rings. The highest BCUT2D eigenvalue weighted by Crippen LogP contribution is 2.05. The quantitative estimate of drug-likeness (QED) is 0.363. The molecule has 3 amide bonds. The Kier molecular flexibility index (Phi) is 9.27. The average Bonchev–Trinajstić information content (AvgIpc) is 2.65. The third-order valence-corrected chi connectivity index (χ3v) is 4.31. The Morgan fingerprint density at radius 3 is 1.97 bits per heavy atom. The van der Waals surface area contributed by atoms with E-state index >= 15 is 0 Å². The van der Waals surface area contributed by atoms with E-state index in [1.807, 2.05) is 6.07 Å². The second kappa shape index (κ2) is 11.2. The highest BCUT2D eigenvalue weighted by molar-refractivity contribution is 5.94. The van der Waals surface area contributed by atoms with Gasteiger partial charge in [0.05, 0.1) is 6.04 Å². The van der Waals surface area contributed by atoms with Crippen LogP contribution in [0.3, 0.4) is 0 Å². The van der Waals surface area contributed by atoms with Gasteiger partial charge in [-0.05, 0) is 25.3 Å². The molecule has 160 valence electrons. The molecule has 9 heteroatoms. The molecule has 1 rings (SSSR count). The van der Waals surface area contributed by atoms with E-state index in [0.717, 1.165) is 5.56 Å². The standard InChI is InChI=1S/C20H30N4O5/c1-11(2)16(24-17(25)12(3)21)19(27)22-13(4)18(26)23-15(20(28)29)10-14-8-6-5-7-9-14/h5-9,11-13,15-16H,10,21H2,1-4H3,(H,22,27)(H,23,26)(H,24,25)(H,28,29). The molecule has 0 heterocycles. The van der Waals surface area contributed by atoms with Crippen molar-refractivity contribution in [1.82, 2.24) is 16.0 Å². The first-order valence-electron chi connectivity index (χ1n) is 9.46. The lowest BCUT2D eigenvalue weighted by molar-refractivity contribution is -0.142. The Morgan fingerprint density at radius 2 is 1.48 bits per heavy atom. The number of nitrogens with one attached hydrogen (secondary N) is 3. The van der Waals surface area contributed by atoms with Crippen LogP contribution in [0.5, 0.6) is 0 Å². The van der Waals surface area contributed by atoms with Crippen molar-refractivity contribution < 1.29 is 24.3 Å². The van der Waals surface area contributed by atoms with Crippen molar-refractivity contribution in [3.8, 4) is 0 Å². The van der Waals surface area contributed by atoms with Gasteiger partial charge in [0, 0.05) is 6.42 Å². The molecule has 6 N–H and O–H groups in total. The first-order valence-corrected chi connectivity index (χ1v) is 9.46. The number of carboxylic acids is 1. The molecule has 0 aromatic heterocycles. The summed E-state index contributed by atoms with van der Waals surface area (Å²) in [6.07, 6.45) is 0.113. The van der Waals surface area contributed by atoms with Crippen molar-refractivity contribution in [2.24, 2.45) is 11.7 Å². The van der Waals surface area contributed by atoms with E-state index in [0.29, 0.717) is 0 Å². The van der Waals surface area contributed by atoms with E-state index in [4.69, 9.17) is 5.73 Å². The Hall–Kier alpha value is -2.94. The van der Waals surface area contributed by atoms with E-state index in [9.17, 15) is 24.3 Å². The summed E-state index contributed by atoms with van der Waals surface area (Å²) >= 11 is 0. The monoisotopic (exact) mass is 406 g/mol. The normalized spacial score (nSPS) is 15.0. The molecule has 0 aliphatic rings. The zero-order valence-electron chi connectivity index (χ0n) is 17.1. The average molecular weight is 406 g/mol. The summed E-state index contributed by atoms with van der Waals surface area (Å²) < 4.78 is 0. The van der Waals surface area contributed by atoms with Gasteiger partial charge in [-0.25, -0.2) is 4.79 Å². The van der Waals surface area contributed by atoms with E-state index in [1.54, 1.807) is 38.1 Å². The van der Waals surface area contributed by atoms with Gasteiger partial charge < -0.3 is 26.8 Å². The second-order valence-electron chi connectivity index (χ2n) is 7.34. The van der Waals surface area contributed by atoms with Crippen molar-refractivity contribution in [2.45, 2.75) is 58.3 Å². The molecule has 0 saturated carbocycles. The summed E-state index contributed by atoms with van der Waals surface area (Å²) in [5, 5.41) is 16.9. The minimum absolute atomic E-state index is 0.113. The molecule has 0 aliphatic heterocycles. The molecule has 1 aromatic carbocycles. The summed E-state index contributed by atoms with van der Waals surface area (Å²) in [4.78, 5) is 48.2. The number of hydrogen-bond donors (Lipinski definition) is 5. The van der Waals surface area contributed by atoms with Crippen LogP contribution in [-0.4, -0.2) is 53.0 Å². The molecule has 0 saturated heterocycles. The molecule has 0 radical (unpaired) electrons. The number of aliphatic carboxylic acids is 1. The third-order valence-electron chi connectivity index (χ3n) is 4.31. The highest BCUT2D eigenvalue weighted by Gasteiger charge is 2.29. The number of carbonyl (C=O) groups excluding carboxylic acids is 3. The van der Waals surface area contributed by atoms with Crippen molar-refractivity contribution in [3.63, 3.8) is 0 Å². The summed E-state index contributed by atoms with van der Waals surface area (Å²) in [5.41, 5.74) is 6.28. The second-order valence-corrected chi connectivity index (χ2v) is 7.34. The lowest BCUT2D eigenvalue weighted by Crippen LogP contribution is -2.57. The van der Waals surface area contributed by atoms with Gasteiger partial charge in [-0.3, -0.25) is 14.4 Å². The number of carboxylic acid groups (broad SMARTS) is 1. The van der Waals surface area contributed by atoms with Crippen molar-refractivity contribution in [3.05, 3.63) is 35.9 Å². The Balaban J connectivity index is 2.73. The topological polar surface area (TPSA) is 151 Å². The molecule has 1 aromatic rings. The Morgan fingerprint density at radius 1 is 0.897 bits per heavy atom. The molecule has 0 spiro atoms. The molecule has 0 bridgehead atoms. The number of amides is 3. The fourth-order valence-electron chi connectivity index (χ4n) is 2.53. The fraction of sp³-hybridized carbons (Fsp3) is 0.500. The Bertz CT molecular complexity index is 721. The highest BCUT2D eigenvalue weighted by atomic mass is 16.4. The number of benzene rings is 1. The van der Waals surface area contributed by atoms with E-state index in [-0.39, 0.29) is 12.3 Å². The lowest BCUT2D eigenvalue weighted by Gasteiger charge is -2.25. The number of rotatable bonds is 10. The predicted molar refractivity (Wildman–Crippen MR) is 108 cm³/mol. The fourth-order valence-corrected chi connectivity index (χ4v) is 2.53. The van der Waals surface area contributed by atoms with E-state index in [1.165, 1.54) is 13.8 Å². The van der Waals surface area contributed by atoms with Gasteiger partial charge in [0.15, 0.2) is 0 Å². The van der Waals surface area contributed by atoms with E-state index in [2.05, 4.69) is 16.0 Å². The SMILES string of the molecule is CC(N)C(=O)NC(C(=O)NC(C)C(=O)NC(Cc1ccccc1)C(=O)O)C(C)C. The van der Waals surface area contributed by atoms with Crippen molar-refractivity contribution in [1.29, 1.82) is 0 Å². The number of carbonyl (C=O) groups is 4. The van der Waals surface area contributed by atoms with E-state index < -0.39 is 47.9 Å². The van der Waals surface area contributed by atoms with Crippen LogP contribution in [0.2, 0.25) is 0 Å². The minimum Gasteiger partial charge on any atom is -0.480 e. The van der Waals surface area contributed by atoms with Crippen molar-refractivity contribution >= 4 is 23.7 Å². The van der Waals surface area contributed by atoms with Crippen LogP contribution in [0.25, 0.3) is 0 Å². The minimum atomic E-state index is -1.18. The van der Waals surface area contributed by atoms with Gasteiger partial charge in [0.1, 0.15) is 18.1 Å².